The molecule has 1 aliphatic heterocycles. The molecule has 0 atom stereocenters. The molecule has 20 heavy (non-hydrogen) atoms. The lowest BCUT2D eigenvalue weighted by Crippen LogP contribution is -2.39. The quantitative estimate of drug-likeness (QED) is 0.630. The molecule has 1 fully saturated rings. The standard InChI is InChI=1S/C14H20ClN3O2/c1-17-8-6-11(7-9-17)14(19)18(2)20-10-12-4-3-5-13(15)16-12/h3-5,11H,6-10H2,1-2H3. The first kappa shape index (κ1) is 15.2. The van der Waals surface area contributed by atoms with Crippen LogP contribution in [0.4, 0.5) is 0 Å². The summed E-state index contributed by atoms with van der Waals surface area (Å²) in [7, 11) is 3.73. The smallest absolute Gasteiger partial charge is 0.249 e. The van der Waals surface area contributed by atoms with Crippen LogP contribution in [-0.4, -0.2) is 48.0 Å². The number of hydrogen-bond acceptors (Lipinski definition) is 4. The van der Waals surface area contributed by atoms with Crippen LogP contribution < -0.4 is 0 Å². The van der Waals surface area contributed by atoms with Gasteiger partial charge in [0.1, 0.15) is 11.8 Å². The fraction of sp³-hybridized carbons (Fsp3) is 0.571. The van der Waals surface area contributed by atoms with E-state index in [0.29, 0.717) is 10.8 Å². The van der Waals surface area contributed by atoms with Crippen LogP contribution >= 0.6 is 11.6 Å². The zero-order valence-electron chi connectivity index (χ0n) is 11.9. The van der Waals surface area contributed by atoms with Crippen molar-refractivity contribution in [2.45, 2.75) is 19.4 Å². The molecule has 1 aliphatic rings. The van der Waals surface area contributed by atoms with Crippen molar-refractivity contribution in [2.24, 2.45) is 5.92 Å². The van der Waals surface area contributed by atoms with Crippen molar-refractivity contribution >= 4 is 17.5 Å². The zero-order valence-corrected chi connectivity index (χ0v) is 12.6. The van der Waals surface area contributed by atoms with Crippen molar-refractivity contribution in [1.29, 1.82) is 0 Å². The Labute approximate surface area is 124 Å². The van der Waals surface area contributed by atoms with E-state index in [0.717, 1.165) is 25.9 Å². The second-order valence-corrected chi connectivity index (χ2v) is 5.53. The van der Waals surface area contributed by atoms with E-state index in [1.165, 1.54) is 5.06 Å². The molecular formula is C14H20ClN3O2. The summed E-state index contributed by atoms with van der Waals surface area (Å²) in [6.45, 7) is 2.16. The van der Waals surface area contributed by atoms with Gasteiger partial charge in [-0.2, -0.15) is 0 Å². The number of hydrogen-bond donors (Lipinski definition) is 0. The summed E-state index contributed by atoms with van der Waals surface area (Å²) >= 11 is 5.81. The monoisotopic (exact) mass is 297 g/mol. The van der Waals surface area contributed by atoms with Gasteiger partial charge < -0.3 is 4.90 Å². The lowest BCUT2D eigenvalue weighted by Gasteiger charge is -2.30. The van der Waals surface area contributed by atoms with Gasteiger partial charge in [0.05, 0.1) is 5.69 Å². The molecule has 110 valence electrons. The van der Waals surface area contributed by atoms with Gasteiger partial charge >= 0.3 is 0 Å². The number of nitrogens with zero attached hydrogens (tertiary/aromatic N) is 3. The van der Waals surface area contributed by atoms with E-state index in [1.807, 2.05) is 12.1 Å². The number of likely N-dealkylation sites (tertiary alicyclic amines) is 1. The number of aromatic nitrogens is 1. The van der Waals surface area contributed by atoms with Crippen molar-refractivity contribution < 1.29 is 9.63 Å². The summed E-state index contributed by atoms with van der Waals surface area (Å²) in [5.41, 5.74) is 0.709. The minimum Gasteiger partial charge on any atom is -0.306 e. The highest BCUT2D eigenvalue weighted by atomic mass is 35.5. The topological polar surface area (TPSA) is 45.7 Å². The van der Waals surface area contributed by atoms with Gasteiger partial charge in [-0.3, -0.25) is 9.63 Å². The van der Waals surface area contributed by atoms with Crippen molar-refractivity contribution in [1.82, 2.24) is 14.9 Å². The lowest BCUT2D eigenvalue weighted by atomic mass is 9.96. The summed E-state index contributed by atoms with van der Waals surface area (Å²) < 4.78 is 0. The molecule has 0 aliphatic carbocycles. The minimum absolute atomic E-state index is 0.0418. The number of carbonyl (C=O) groups excluding carboxylic acids is 1. The summed E-state index contributed by atoms with van der Waals surface area (Å²) in [6, 6.07) is 5.34. The Hall–Kier alpha value is -1.17. The van der Waals surface area contributed by atoms with Gasteiger partial charge in [0.15, 0.2) is 0 Å². The Morgan fingerprint density at radius 2 is 2.20 bits per heavy atom. The van der Waals surface area contributed by atoms with E-state index in [2.05, 4.69) is 16.9 Å². The minimum atomic E-state index is 0.0418. The number of hydroxylamine groups is 2. The van der Waals surface area contributed by atoms with Gasteiger partial charge in [-0.05, 0) is 45.1 Å². The van der Waals surface area contributed by atoms with Crippen LogP contribution in [0.25, 0.3) is 0 Å². The molecule has 0 spiro atoms. The summed E-state index contributed by atoms with van der Waals surface area (Å²) in [6.07, 6.45) is 1.77. The maximum absolute atomic E-state index is 12.2. The molecule has 0 unspecified atom stereocenters. The van der Waals surface area contributed by atoms with Crippen LogP contribution in [0.15, 0.2) is 18.2 Å². The molecule has 2 heterocycles. The van der Waals surface area contributed by atoms with Gasteiger partial charge in [0, 0.05) is 13.0 Å². The molecular weight excluding hydrogens is 278 g/mol. The Morgan fingerprint density at radius 3 is 2.85 bits per heavy atom. The van der Waals surface area contributed by atoms with Gasteiger partial charge in [-0.15, -0.1) is 0 Å². The predicted molar refractivity (Wildman–Crippen MR) is 77.0 cm³/mol. The van der Waals surface area contributed by atoms with Gasteiger partial charge in [-0.25, -0.2) is 10.0 Å². The summed E-state index contributed by atoms with van der Waals surface area (Å²) in [5, 5.41) is 1.76. The van der Waals surface area contributed by atoms with Crippen molar-refractivity contribution in [3.63, 3.8) is 0 Å². The number of piperidine rings is 1. The summed E-state index contributed by atoms with van der Waals surface area (Å²) in [4.78, 5) is 24.1. The zero-order chi connectivity index (χ0) is 14.5. The number of pyridine rings is 1. The molecule has 1 saturated heterocycles. The molecule has 0 saturated carbocycles. The van der Waals surface area contributed by atoms with E-state index in [-0.39, 0.29) is 18.4 Å². The second-order valence-electron chi connectivity index (χ2n) is 5.14. The Kier molecular flexibility index (Phi) is 5.34. The van der Waals surface area contributed by atoms with E-state index in [9.17, 15) is 4.79 Å². The fourth-order valence-electron chi connectivity index (χ4n) is 2.27. The SMILES string of the molecule is CN1CCC(C(=O)N(C)OCc2cccc(Cl)n2)CC1. The molecule has 5 nitrogen and oxygen atoms in total. The van der Waals surface area contributed by atoms with Gasteiger partial charge in [0.2, 0.25) is 5.91 Å². The highest BCUT2D eigenvalue weighted by Crippen LogP contribution is 2.18. The van der Waals surface area contributed by atoms with Crippen LogP contribution in [0.1, 0.15) is 18.5 Å². The van der Waals surface area contributed by atoms with Crippen molar-refractivity contribution in [3.05, 3.63) is 29.0 Å². The fourth-order valence-corrected chi connectivity index (χ4v) is 2.45. The number of amides is 1. The second kappa shape index (κ2) is 7.02. The van der Waals surface area contributed by atoms with Crippen molar-refractivity contribution in [3.8, 4) is 0 Å². The first-order chi connectivity index (χ1) is 9.56. The molecule has 1 aromatic rings. The number of halogens is 1. The summed E-state index contributed by atoms with van der Waals surface area (Å²) in [5.74, 6) is 0.101. The predicted octanol–water partition coefficient (Wildman–Crippen LogP) is 1.97. The van der Waals surface area contributed by atoms with E-state index < -0.39 is 0 Å². The molecule has 1 aromatic heterocycles. The molecule has 2 rings (SSSR count). The average molecular weight is 298 g/mol. The largest absolute Gasteiger partial charge is 0.306 e. The third kappa shape index (κ3) is 4.16. The molecule has 6 heteroatoms. The van der Waals surface area contributed by atoms with Crippen LogP contribution in [0.3, 0.4) is 0 Å². The Morgan fingerprint density at radius 1 is 1.50 bits per heavy atom. The van der Waals surface area contributed by atoms with E-state index in [4.69, 9.17) is 16.4 Å². The molecule has 1 amide bonds. The normalized spacial score (nSPS) is 17.1. The van der Waals surface area contributed by atoms with Gasteiger partial charge in [0.25, 0.3) is 0 Å². The van der Waals surface area contributed by atoms with E-state index in [1.54, 1.807) is 13.1 Å². The molecule has 0 radical (unpaired) electrons. The lowest BCUT2D eigenvalue weighted by molar-refractivity contribution is -0.188. The van der Waals surface area contributed by atoms with Crippen LogP contribution in [0.5, 0.6) is 0 Å². The van der Waals surface area contributed by atoms with Crippen LogP contribution in [0.2, 0.25) is 5.15 Å². The maximum atomic E-state index is 12.2. The van der Waals surface area contributed by atoms with Crippen molar-refractivity contribution in [2.75, 3.05) is 27.2 Å². The van der Waals surface area contributed by atoms with Crippen LogP contribution in [0, 0.1) is 5.92 Å². The molecule has 0 bridgehead atoms. The first-order valence-electron chi connectivity index (χ1n) is 6.76. The molecule has 0 aromatic carbocycles. The first-order valence-corrected chi connectivity index (χ1v) is 7.14. The highest BCUT2D eigenvalue weighted by Gasteiger charge is 2.26. The van der Waals surface area contributed by atoms with Gasteiger partial charge in [-0.1, -0.05) is 17.7 Å². The number of carbonyl (C=O) groups is 1. The van der Waals surface area contributed by atoms with Crippen LogP contribution in [-0.2, 0) is 16.2 Å². The maximum Gasteiger partial charge on any atom is 0.249 e. The van der Waals surface area contributed by atoms with E-state index >= 15 is 0 Å². The average Bonchev–Trinajstić information content (AvgIpc) is 2.45. The molecule has 0 N–H and O–H groups in total. The third-order valence-electron chi connectivity index (χ3n) is 3.56. The highest BCUT2D eigenvalue weighted by molar-refractivity contribution is 6.29. The Balaban J connectivity index is 1.82. The Bertz CT molecular complexity index is 461. The number of rotatable bonds is 4. The third-order valence-corrected chi connectivity index (χ3v) is 3.77.